The minimum Gasteiger partial charge on any atom is -0.497 e. The summed E-state index contributed by atoms with van der Waals surface area (Å²) >= 11 is 0. The molecule has 3 aromatic heterocycles. The molecular weight excluding hydrogens is 506 g/mol. The third kappa shape index (κ3) is 4.75. The number of ether oxygens (including phenoxy) is 2. The highest BCUT2D eigenvalue weighted by Crippen LogP contribution is 2.32. The first-order valence-electron chi connectivity index (χ1n) is 13.4. The Bertz CT molecular complexity index is 1740. The lowest BCUT2D eigenvalue weighted by Gasteiger charge is -2.32. The predicted molar refractivity (Wildman–Crippen MR) is 153 cm³/mol. The summed E-state index contributed by atoms with van der Waals surface area (Å²) in [5, 5.41) is 1.13. The molecule has 9 nitrogen and oxygen atoms in total. The Kier molecular flexibility index (Phi) is 6.63. The van der Waals surface area contributed by atoms with E-state index in [2.05, 4.69) is 28.8 Å². The van der Waals surface area contributed by atoms with Gasteiger partial charge in [-0.1, -0.05) is 30.3 Å². The number of aromatic nitrogens is 3. The van der Waals surface area contributed by atoms with Gasteiger partial charge in [-0.15, -0.1) is 0 Å². The number of nitrogens with two attached hydrogens (primary N) is 1. The zero-order valence-electron chi connectivity index (χ0n) is 22.5. The number of carbonyl (C=O) groups excluding carboxylic acids is 2. The second kappa shape index (κ2) is 10.4. The van der Waals surface area contributed by atoms with Gasteiger partial charge in [-0.25, -0.2) is 9.78 Å². The third-order valence-corrected chi connectivity index (χ3v) is 7.59. The summed E-state index contributed by atoms with van der Waals surface area (Å²) in [6, 6.07) is 22.2. The first-order chi connectivity index (χ1) is 19.4. The molecule has 0 radical (unpaired) electrons. The van der Waals surface area contributed by atoms with Crippen LogP contribution in [0.1, 0.15) is 34.5 Å². The number of methoxy groups -OCH3 is 1. The Balaban J connectivity index is 1.37. The smallest absolute Gasteiger partial charge is 0.404 e. The largest absolute Gasteiger partial charge is 0.497 e. The van der Waals surface area contributed by atoms with E-state index in [-0.39, 0.29) is 12.0 Å². The van der Waals surface area contributed by atoms with Crippen molar-refractivity contribution in [2.24, 2.45) is 5.73 Å². The molecular formula is C31H31N5O4. The summed E-state index contributed by atoms with van der Waals surface area (Å²) in [5.74, 6) is 0.701. The Morgan fingerprint density at radius 1 is 1.07 bits per heavy atom. The van der Waals surface area contributed by atoms with Crippen molar-refractivity contribution in [3.63, 3.8) is 0 Å². The summed E-state index contributed by atoms with van der Waals surface area (Å²) in [4.78, 5) is 31.3. The van der Waals surface area contributed by atoms with E-state index in [9.17, 15) is 9.59 Å². The fraction of sp³-hybridized carbons (Fsp3) is 0.258. The molecule has 1 aliphatic heterocycles. The quantitative estimate of drug-likeness (QED) is 0.328. The third-order valence-electron chi connectivity index (χ3n) is 7.59. The summed E-state index contributed by atoms with van der Waals surface area (Å²) in [7, 11) is 1.67. The van der Waals surface area contributed by atoms with Crippen molar-refractivity contribution in [3.8, 4) is 17.1 Å². The topological polar surface area (TPSA) is 104 Å². The number of piperidine rings is 1. The molecule has 1 atom stereocenters. The molecule has 1 fully saturated rings. The molecule has 0 unspecified atom stereocenters. The van der Waals surface area contributed by atoms with Gasteiger partial charge in [-0.3, -0.25) is 4.79 Å². The van der Waals surface area contributed by atoms with Gasteiger partial charge < -0.3 is 29.1 Å². The van der Waals surface area contributed by atoms with Crippen LogP contribution in [-0.4, -0.2) is 57.2 Å². The summed E-state index contributed by atoms with van der Waals surface area (Å²) < 4.78 is 14.9. The molecule has 1 saturated heterocycles. The van der Waals surface area contributed by atoms with Crippen molar-refractivity contribution in [1.82, 2.24) is 18.9 Å². The van der Waals surface area contributed by atoms with Gasteiger partial charge in [0.1, 0.15) is 23.2 Å². The zero-order chi connectivity index (χ0) is 27.8. The van der Waals surface area contributed by atoms with E-state index in [1.807, 2.05) is 60.0 Å². The van der Waals surface area contributed by atoms with E-state index in [4.69, 9.17) is 20.2 Å². The van der Waals surface area contributed by atoms with Crippen LogP contribution in [0, 0.1) is 6.92 Å². The van der Waals surface area contributed by atoms with Crippen LogP contribution in [0.4, 0.5) is 4.79 Å². The van der Waals surface area contributed by atoms with E-state index >= 15 is 0 Å². The predicted octanol–water partition coefficient (Wildman–Crippen LogP) is 5.02. The molecule has 0 aliphatic carbocycles. The molecule has 204 valence electrons. The lowest BCUT2D eigenvalue weighted by atomic mass is 10.1. The fourth-order valence-electron chi connectivity index (χ4n) is 5.64. The summed E-state index contributed by atoms with van der Waals surface area (Å²) in [5.41, 5.74) is 11.5. The van der Waals surface area contributed by atoms with E-state index in [0.29, 0.717) is 37.3 Å². The highest BCUT2D eigenvalue weighted by atomic mass is 16.6. The van der Waals surface area contributed by atoms with E-state index in [0.717, 1.165) is 45.7 Å². The van der Waals surface area contributed by atoms with Crippen molar-refractivity contribution >= 4 is 28.6 Å². The molecule has 2 aromatic carbocycles. The molecule has 0 spiro atoms. The van der Waals surface area contributed by atoms with Crippen molar-refractivity contribution < 1.29 is 19.1 Å². The number of pyridine rings is 1. The molecule has 9 heteroatoms. The Morgan fingerprint density at radius 3 is 2.75 bits per heavy atom. The molecule has 5 aromatic rings. The molecule has 40 heavy (non-hydrogen) atoms. The van der Waals surface area contributed by atoms with Gasteiger partial charge in [0.2, 0.25) is 0 Å². The number of imidazole rings is 1. The van der Waals surface area contributed by atoms with Crippen molar-refractivity contribution in [3.05, 3.63) is 89.7 Å². The maximum Gasteiger partial charge on any atom is 0.404 e. The molecule has 6 rings (SSSR count). The van der Waals surface area contributed by atoms with Crippen LogP contribution in [0.5, 0.6) is 5.75 Å². The second-order valence-electron chi connectivity index (χ2n) is 10.2. The number of likely N-dealkylation sites (tertiary alicyclic amines) is 1. The van der Waals surface area contributed by atoms with Gasteiger partial charge in [0.15, 0.2) is 0 Å². The van der Waals surface area contributed by atoms with Crippen LogP contribution in [0.15, 0.2) is 72.9 Å². The average Bonchev–Trinajstić information content (AvgIpc) is 3.49. The van der Waals surface area contributed by atoms with Gasteiger partial charge in [0.25, 0.3) is 5.91 Å². The molecule has 1 aliphatic rings. The maximum atomic E-state index is 13.4. The van der Waals surface area contributed by atoms with Crippen LogP contribution < -0.4 is 10.5 Å². The molecule has 4 heterocycles. The number of fused-ring (bicyclic) bond motifs is 2. The standard InChI is InChI=1S/C31H31N5O4/c1-20-29(27-16-22-8-3-4-11-26(22)36(27)18-21-7-5-9-24(15-21)39-2)33-28-17-23(12-14-35(20)28)30(37)34-13-6-10-25(19-34)40-31(32)38/h3-5,7-9,11-12,14-17,25H,6,10,13,18-19H2,1-2H3,(H2,32,38)/t25-/m1/s1. The minimum absolute atomic E-state index is 0.116. The molecule has 2 amide bonds. The number of hydrogen-bond acceptors (Lipinski definition) is 5. The zero-order valence-corrected chi connectivity index (χ0v) is 22.5. The SMILES string of the molecule is COc1cccc(Cn2c(-c3nc4cc(C(=O)N5CCC[C@@H](OC(N)=O)C5)ccn4c3C)cc3ccccc32)c1. The van der Waals surface area contributed by atoms with E-state index in [1.54, 1.807) is 12.0 Å². The van der Waals surface area contributed by atoms with Crippen molar-refractivity contribution in [1.29, 1.82) is 0 Å². The van der Waals surface area contributed by atoms with Gasteiger partial charge in [0, 0.05) is 41.4 Å². The summed E-state index contributed by atoms with van der Waals surface area (Å²) in [6.45, 7) is 3.63. The van der Waals surface area contributed by atoms with Crippen LogP contribution in [0.2, 0.25) is 0 Å². The van der Waals surface area contributed by atoms with Crippen LogP contribution in [0.25, 0.3) is 27.9 Å². The van der Waals surface area contributed by atoms with Gasteiger partial charge in [0.05, 0.1) is 19.3 Å². The van der Waals surface area contributed by atoms with Crippen molar-refractivity contribution in [2.45, 2.75) is 32.4 Å². The number of carbonyl (C=O) groups is 2. The van der Waals surface area contributed by atoms with E-state index in [1.165, 1.54) is 0 Å². The lowest BCUT2D eigenvalue weighted by Crippen LogP contribution is -2.44. The normalized spacial score (nSPS) is 15.4. The number of hydrogen-bond donors (Lipinski definition) is 1. The number of rotatable bonds is 6. The Labute approximate surface area is 231 Å². The van der Waals surface area contributed by atoms with Crippen LogP contribution in [0.3, 0.4) is 0 Å². The highest BCUT2D eigenvalue weighted by Gasteiger charge is 2.27. The average molecular weight is 538 g/mol. The minimum atomic E-state index is -0.815. The molecule has 0 bridgehead atoms. The van der Waals surface area contributed by atoms with Gasteiger partial charge in [-0.05, 0) is 61.7 Å². The lowest BCUT2D eigenvalue weighted by molar-refractivity contribution is 0.0373. The van der Waals surface area contributed by atoms with Gasteiger partial charge >= 0.3 is 6.09 Å². The Morgan fingerprint density at radius 2 is 1.93 bits per heavy atom. The number of benzene rings is 2. The summed E-state index contributed by atoms with van der Waals surface area (Å²) in [6.07, 6.45) is 2.13. The number of aryl methyl sites for hydroxylation is 1. The highest BCUT2D eigenvalue weighted by molar-refractivity contribution is 5.95. The monoisotopic (exact) mass is 537 g/mol. The second-order valence-corrected chi connectivity index (χ2v) is 10.2. The number of para-hydroxylation sites is 1. The van der Waals surface area contributed by atoms with Gasteiger partial charge in [-0.2, -0.15) is 0 Å². The molecule has 2 N–H and O–H groups in total. The number of amides is 2. The van der Waals surface area contributed by atoms with Crippen molar-refractivity contribution in [2.75, 3.05) is 20.2 Å². The molecule has 0 saturated carbocycles. The number of nitrogens with zero attached hydrogens (tertiary/aromatic N) is 4. The fourth-order valence-corrected chi connectivity index (χ4v) is 5.64. The number of primary amides is 1. The maximum absolute atomic E-state index is 13.4. The Hall–Kier alpha value is -4.79. The van der Waals surface area contributed by atoms with E-state index < -0.39 is 6.09 Å². The first kappa shape index (κ1) is 25.5. The first-order valence-corrected chi connectivity index (χ1v) is 13.4. The van der Waals surface area contributed by atoms with Crippen LogP contribution >= 0.6 is 0 Å². The van der Waals surface area contributed by atoms with Crippen LogP contribution in [-0.2, 0) is 11.3 Å².